The highest BCUT2D eigenvalue weighted by Crippen LogP contribution is 2.27. The van der Waals surface area contributed by atoms with Crippen molar-refractivity contribution in [3.05, 3.63) is 48.0 Å². The lowest BCUT2D eigenvalue weighted by Crippen LogP contribution is -2.14. The van der Waals surface area contributed by atoms with Crippen LogP contribution in [0.1, 0.15) is 5.56 Å². The van der Waals surface area contributed by atoms with E-state index in [1.54, 1.807) is 19.1 Å². The van der Waals surface area contributed by atoms with Gasteiger partial charge in [0.05, 0.1) is 17.7 Å². The molecular weight excluding hydrogens is 338 g/mol. The zero-order chi connectivity index (χ0) is 17.3. The first-order valence-electron chi connectivity index (χ1n) is 6.61. The van der Waals surface area contributed by atoms with E-state index in [-0.39, 0.29) is 21.2 Å². The first-order valence-corrected chi connectivity index (χ1v) is 9.98. The fourth-order valence-electron chi connectivity index (χ4n) is 1.99. The van der Waals surface area contributed by atoms with Crippen LogP contribution in [0.5, 0.6) is 5.75 Å². The summed E-state index contributed by atoms with van der Waals surface area (Å²) in [7, 11) is -5.95. The van der Waals surface area contributed by atoms with Crippen molar-refractivity contribution >= 4 is 25.5 Å². The molecule has 6 nitrogen and oxygen atoms in total. The van der Waals surface area contributed by atoms with Gasteiger partial charge in [-0.3, -0.25) is 4.72 Å². The Bertz CT molecular complexity index is 934. The molecule has 0 aliphatic rings. The van der Waals surface area contributed by atoms with Crippen molar-refractivity contribution < 1.29 is 21.6 Å². The summed E-state index contributed by atoms with van der Waals surface area (Å²) in [6.45, 7) is 1.77. The van der Waals surface area contributed by atoms with Crippen molar-refractivity contribution in [1.29, 1.82) is 0 Å². The van der Waals surface area contributed by atoms with Crippen molar-refractivity contribution in [2.45, 2.75) is 16.7 Å². The number of ether oxygens (including phenoxy) is 1. The summed E-state index contributed by atoms with van der Waals surface area (Å²) in [6.07, 6.45) is 1.06. The number of hydrogen-bond donors (Lipinski definition) is 1. The maximum absolute atomic E-state index is 12.6. The third kappa shape index (κ3) is 4.02. The van der Waals surface area contributed by atoms with Gasteiger partial charge >= 0.3 is 0 Å². The lowest BCUT2D eigenvalue weighted by Gasteiger charge is -2.12. The van der Waals surface area contributed by atoms with Crippen LogP contribution in [0.3, 0.4) is 0 Å². The van der Waals surface area contributed by atoms with E-state index < -0.39 is 19.9 Å². The van der Waals surface area contributed by atoms with Gasteiger partial charge in [0.2, 0.25) is 0 Å². The molecule has 0 aromatic heterocycles. The highest BCUT2D eigenvalue weighted by atomic mass is 32.2. The molecule has 0 heterocycles. The Labute approximate surface area is 136 Å². The highest BCUT2D eigenvalue weighted by molar-refractivity contribution is 7.93. The van der Waals surface area contributed by atoms with Crippen LogP contribution in [0.2, 0.25) is 0 Å². The molecular formula is C15H17NO5S2. The molecule has 0 bridgehead atoms. The Kier molecular flexibility index (Phi) is 4.67. The summed E-state index contributed by atoms with van der Waals surface area (Å²) in [5.74, 6) is 0.211. The molecule has 8 heteroatoms. The van der Waals surface area contributed by atoms with Gasteiger partial charge in [-0.15, -0.1) is 0 Å². The van der Waals surface area contributed by atoms with Gasteiger partial charge in [0.25, 0.3) is 10.0 Å². The van der Waals surface area contributed by atoms with Gasteiger partial charge in [-0.05, 0) is 42.8 Å². The second-order valence-corrected chi connectivity index (χ2v) is 8.73. The second kappa shape index (κ2) is 6.21. The van der Waals surface area contributed by atoms with Gasteiger partial charge in [-0.1, -0.05) is 12.1 Å². The van der Waals surface area contributed by atoms with E-state index in [0.717, 1.165) is 11.8 Å². The number of nitrogens with one attached hydrogen (secondary N) is 1. The van der Waals surface area contributed by atoms with Crippen LogP contribution in [0.15, 0.2) is 52.3 Å². The van der Waals surface area contributed by atoms with Gasteiger partial charge in [0.15, 0.2) is 9.84 Å². The van der Waals surface area contributed by atoms with E-state index in [4.69, 9.17) is 4.74 Å². The lowest BCUT2D eigenvalue weighted by molar-refractivity contribution is 0.402. The molecule has 2 rings (SSSR count). The van der Waals surface area contributed by atoms with E-state index in [2.05, 4.69) is 4.72 Å². The lowest BCUT2D eigenvalue weighted by atomic mass is 10.2. The highest BCUT2D eigenvalue weighted by Gasteiger charge is 2.20. The average molecular weight is 355 g/mol. The van der Waals surface area contributed by atoms with Gasteiger partial charge in [-0.25, -0.2) is 16.8 Å². The Morgan fingerprint density at radius 3 is 2.30 bits per heavy atom. The Morgan fingerprint density at radius 1 is 1.00 bits per heavy atom. The normalized spacial score (nSPS) is 12.0. The second-order valence-electron chi connectivity index (χ2n) is 5.06. The number of rotatable bonds is 5. The van der Waals surface area contributed by atoms with Crippen molar-refractivity contribution in [2.75, 3.05) is 18.1 Å². The van der Waals surface area contributed by atoms with Crippen LogP contribution < -0.4 is 9.46 Å². The minimum atomic E-state index is -3.91. The van der Waals surface area contributed by atoms with Gasteiger partial charge in [0, 0.05) is 6.26 Å². The molecule has 0 saturated heterocycles. The van der Waals surface area contributed by atoms with Gasteiger partial charge < -0.3 is 4.74 Å². The minimum absolute atomic E-state index is 0.00948. The maximum atomic E-state index is 12.6. The number of sulfone groups is 1. The Morgan fingerprint density at radius 2 is 1.70 bits per heavy atom. The molecule has 0 spiro atoms. The molecule has 2 aromatic carbocycles. The summed E-state index contributed by atoms with van der Waals surface area (Å²) in [5.41, 5.74) is 0.924. The molecule has 0 amide bonds. The van der Waals surface area contributed by atoms with Crippen LogP contribution in [0.4, 0.5) is 5.69 Å². The minimum Gasteiger partial charge on any atom is -0.495 e. The smallest absolute Gasteiger partial charge is 0.265 e. The number of aryl methyl sites for hydroxylation is 1. The first kappa shape index (κ1) is 17.3. The van der Waals surface area contributed by atoms with Crippen LogP contribution in [0.25, 0.3) is 0 Å². The van der Waals surface area contributed by atoms with E-state index in [0.29, 0.717) is 0 Å². The summed E-state index contributed by atoms with van der Waals surface area (Å²) < 4.78 is 55.7. The standard InChI is InChI=1S/C15H17NO5S2/c1-11-7-8-14(21-2)15(9-11)23(19,20)16-12-5-4-6-13(10-12)22(3,17)18/h4-10,16H,1-3H3. The Balaban J connectivity index is 2.45. The summed E-state index contributed by atoms with van der Waals surface area (Å²) in [6, 6.07) is 10.4. The largest absolute Gasteiger partial charge is 0.495 e. The van der Waals surface area contributed by atoms with Crippen LogP contribution in [-0.2, 0) is 19.9 Å². The number of anilines is 1. The van der Waals surface area contributed by atoms with Gasteiger partial charge in [-0.2, -0.15) is 0 Å². The van der Waals surface area contributed by atoms with Crippen LogP contribution >= 0.6 is 0 Å². The third-order valence-corrected chi connectivity index (χ3v) is 5.64. The van der Waals surface area contributed by atoms with Crippen LogP contribution in [0, 0.1) is 6.92 Å². The zero-order valence-electron chi connectivity index (χ0n) is 12.9. The molecule has 0 radical (unpaired) electrons. The monoisotopic (exact) mass is 355 g/mol. The molecule has 1 N–H and O–H groups in total. The Hall–Kier alpha value is -2.06. The van der Waals surface area contributed by atoms with E-state index in [1.165, 1.54) is 37.4 Å². The van der Waals surface area contributed by atoms with E-state index >= 15 is 0 Å². The molecule has 0 saturated carbocycles. The summed E-state index contributed by atoms with van der Waals surface area (Å²) >= 11 is 0. The van der Waals surface area contributed by atoms with Crippen molar-refractivity contribution in [2.24, 2.45) is 0 Å². The number of methoxy groups -OCH3 is 1. The molecule has 23 heavy (non-hydrogen) atoms. The third-order valence-electron chi connectivity index (χ3n) is 3.12. The number of hydrogen-bond acceptors (Lipinski definition) is 5. The summed E-state index contributed by atoms with van der Waals surface area (Å²) in [4.78, 5) is 0.0265. The van der Waals surface area contributed by atoms with E-state index in [1.807, 2.05) is 0 Å². The first-order chi connectivity index (χ1) is 10.6. The van der Waals surface area contributed by atoms with Gasteiger partial charge in [0.1, 0.15) is 10.6 Å². The average Bonchev–Trinajstić information content (AvgIpc) is 2.46. The maximum Gasteiger partial charge on any atom is 0.265 e. The fourth-order valence-corrected chi connectivity index (χ4v) is 3.97. The van der Waals surface area contributed by atoms with E-state index in [9.17, 15) is 16.8 Å². The summed E-state index contributed by atoms with van der Waals surface area (Å²) in [5, 5.41) is 0. The zero-order valence-corrected chi connectivity index (χ0v) is 14.5. The molecule has 0 aliphatic carbocycles. The molecule has 0 atom stereocenters. The topological polar surface area (TPSA) is 89.5 Å². The predicted molar refractivity (Wildman–Crippen MR) is 88.1 cm³/mol. The quantitative estimate of drug-likeness (QED) is 0.888. The predicted octanol–water partition coefficient (Wildman–Crippen LogP) is 2.21. The number of sulfonamides is 1. The van der Waals surface area contributed by atoms with Crippen molar-refractivity contribution in [3.8, 4) is 5.75 Å². The SMILES string of the molecule is COc1ccc(C)cc1S(=O)(=O)Nc1cccc(S(C)(=O)=O)c1. The molecule has 0 aliphatic heterocycles. The van der Waals surface area contributed by atoms with Crippen molar-refractivity contribution in [1.82, 2.24) is 0 Å². The fraction of sp³-hybridized carbons (Fsp3) is 0.200. The van der Waals surface area contributed by atoms with Crippen LogP contribution in [-0.4, -0.2) is 30.2 Å². The molecule has 124 valence electrons. The molecule has 0 unspecified atom stereocenters. The molecule has 0 fully saturated rings. The number of benzene rings is 2. The van der Waals surface area contributed by atoms with Crippen molar-refractivity contribution in [3.63, 3.8) is 0 Å². The molecule has 2 aromatic rings.